The fraction of sp³-hybridized carbons (Fsp3) is 0.154. The minimum atomic E-state index is 0.346. The molecular weight excluding hydrogens is 342 g/mol. The Kier molecular flexibility index (Phi) is 5.14. The number of fused-ring (bicyclic) bond motifs is 1. The second-order valence-corrected chi connectivity index (χ2v) is 7.39. The van der Waals surface area contributed by atoms with Crippen LogP contribution in [0.25, 0.3) is 21.9 Å². The van der Waals surface area contributed by atoms with Gasteiger partial charge in [-0.05, 0) is 58.5 Å². The van der Waals surface area contributed by atoms with Crippen LogP contribution in [0.5, 0.6) is 5.75 Å². The summed E-state index contributed by atoms with van der Waals surface area (Å²) in [6, 6.07) is 27.1. The lowest BCUT2D eigenvalue weighted by Crippen LogP contribution is -2.13. The number of rotatable bonds is 5. The number of aryl methyl sites for hydroxylation is 2. The molecule has 0 aliphatic rings. The average Bonchev–Trinajstić information content (AvgIpc) is 2.69. The second-order valence-electron chi connectivity index (χ2n) is 7.39. The van der Waals surface area contributed by atoms with Gasteiger partial charge in [0.05, 0.1) is 0 Å². The summed E-state index contributed by atoms with van der Waals surface area (Å²) in [5.41, 5.74) is 6.67. The molecule has 2 N–H and O–H groups in total. The van der Waals surface area contributed by atoms with Crippen LogP contribution in [0.1, 0.15) is 22.3 Å². The Morgan fingerprint density at radius 2 is 1.50 bits per heavy atom. The van der Waals surface area contributed by atoms with Crippen molar-refractivity contribution in [2.24, 2.45) is 0 Å². The topological polar surface area (TPSA) is 32.3 Å². The van der Waals surface area contributed by atoms with E-state index in [9.17, 15) is 5.11 Å². The van der Waals surface area contributed by atoms with E-state index < -0.39 is 0 Å². The summed E-state index contributed by atoms with van der Waals surface area (Å²) in [5.74, 6) is 0.346. The maximum atomic E-state index is 10.8. The molecule has 4 rings (SSSR count). The minimum absolute atomic E-state index is 0.346. The molecular formula is C26H25NO. The highest BCUT2D eigenvalue weighted by atomic mass is 16.3. The molecule has 0 unspecified atom stereocenters. The van der Waals surface area contributed by atoms with E-state index in [-0.39, 0.29) is 0 Å². The van der Waals surface area contributed by atoms with Crippen LogP contribution in [0.15, 0.2) is 78.9 Å². The Morgan fingerprint density at radius 3 is 2.29 bits per heavy atom. The first kappa shape index (κ1) is 18.3. The number of benzene rings is 4. The Labute approximate surface area is 166 Å². The number of phenolic OH excluding ortho intramolecular Hbond substituents is 1. The van der Waals surface area contributed by atoms with Crippen molar-refractivity contribution in [1.29, 1.82) is 0 Å². The van der Waals surface area contributed by atoms with Crippen LogP contribution < -0.4 is 5.32 Å². The third kappa shape index (κ3) is 3.64. The van der Waals surface area contributed by atoms with Crippen LogP contribution in [0.2, 0.25) is 0 Å². The maximum absolute atomic E-state index is 10.8. The summed E-state index contributed by atoms with van der Waals surface area (Å²) in [6.45, 7) is 5.64. The van der Waals surface area contributed by atoms with Crippen LogP contribution in [0.4, 0.5) is 0 Å². The molecule has 0 radical (unpaired) electrons. The zero-order valence-corrected chi connectivity index (χ0v) is 16.4. The largest absolute Gasteiger partial charge is 0.507 e. The van der Waals surface area contributed by atoms with Crippen LogP contribution in [-0.2, 0) is 13.1 Å². The van der Waals surface area contributed by atoms with Gasteiger partial charge in [-0.25, -0.2) is 0 Å². The Balaban J connectivity index is 1.78. The first-order valence-corrected chi connectivity index (χ1v) is 9.69. The van der Waals surface area contributed by atoms with Gasteiger partial charge in [-0.2, -0.15) is 0 Å². The lowest BCUT2D eigenvalue weighted by molar-refractivity contribution is 0.476. The van der Waals surface area contributed by atoms with Gasteiger partial charge in [-0.15, -0.1) is 0 Å². The SMILES string of the molecule is Cc1cc(C)c(-c2c(CNCc3ccccc3)ccc3ccccc23)c(O)c1. The number of phenols is 1. The molecule has 0 spiro atoms. The van der Waals surface area contributed by atoms with E-state index in [1.54, 1.807) is 0 Å². The van der Waals surface area contributed by atoms with Crippen molar-refractivity contribution in [3.63, 3.8) is 0 Å². The van der Waals surface area contributed by atoms with Crippen molar-refractivity contribution in [3.05, 3.63) is 101 Å². The summed E-state index contributed by atoms with van der Waals surface area (Å²) in [7, 11) is 0. The van der Waals surface area contributed by atoms with Crippen LogP contribution in [0.3, 0.4) is 0 Å². The first-order valence-electron chi connectivity index (χ1n) is 9.69. The van der Waals surface area contributed by atoms with E-state index in [0.717, 1.165) is 35.3 Å². The van der Waals surface area contributed by atoms with Crippen molar-refractivity contribution in [3.8, 4) is 16.9 Å². The van der Waals surface area contributed by atoms with Crippen molar-refractivity contribution >= 4 is 10.8 Å². The van der Waals surface area contributed by atoms with E-state index >= 15 is 0 Å². The zero-order chi connectivity index (χ0) is 19.5. The standard InChI is InChI=1S/C26H25NO/c1-18-14-19(2)25(24(28)15-18)26-22(13-12-21-10-6-7-11-23(21)26)17-27-16-20-8-4-3-5-9-20/h3-15,27-28H,16-17H2,1-2H3. The summed E-state index contributed by atoms with van der Waals surface area (Å²) >= 11 is 0. The van der Waals surface area contributed by atoms with Crippen molar-refractivity contribution in [1.82, 2.24) is 5.32 Å². The molecule has 0 aliphatic carbocycles. The predicted octanol–water partition coefficient (Wildman–Crippen LogP) is 6.12. The van der Waals surface area contributed by atoms with E-state index in [1.807, 2.05) is 19.1 Å². The molecule has 0 aromatic heterocycles. The average molecular weight is 367 g/mol. The second kappa shape index (κ2) is 7.87. The van der Waals surface area contributed by atoms with E-state index in [4.69, 9.17) is 0 Å². The number of nitrogens with one attached hydrogen (secondary N) is 1. The Bertz CT molecular complexity index is 1090. The van der Waals surface area contributed by atoms with Gasteiger partial charge in [-0.1, -0.05) is 72.8 Å². The van der Waals surface area contributed by atoms with Gasteiger partial charge in [0.2, 0.25) is 0 Å². The number of hydrogen-bond donors (Lipinski definition) is 2. The van der Waals surface area contributed by atoms with Crippen LogP contribution in [-0.4, -0.2) is 5.11 Å². The molecule has 0 saturated carbocycles. The summed E-state index contributed by atoms with van der Waals surface area (Å²) in [4.78, 5) is 0. The van der Waals surface area contributed by atoms with Crippen molar-refractivity contribution in [2.45, 2.75) is 26.9 Å². The highest BCUT2D eigenvalue weighted by Gasteiger charge is 2.16. The molecule has 0 amide bonds. The lowest BCUT2D eigenvalue weighted by atomic mass is 9.89. The molecule has 0 aliphatic heterocycles. The normalized spacial score (nSPS) is 11.1. The van der Waals surface area contributed by atoms with Gasteiger partial charge < -0.3 is 10.4 Å². The number of aromatic hydroxyl groups is 1. The lowest BCUT2D eigenvalue weighted by Gasteiger charge is -2.18. The zero-order valence-electron chi connectivity index (χ0n) is 16.4. The molecule has 2 nitrogen and oxygen atoms in total. The van der Waals surface area contributed by atoms with Gasteiger partial charge in [0, 0.05) is 18.7 Å². The van der Waals surface area contributed by atoms with Gasteiger partial charge in [0.25, 0.3) is 0 Å². The van der Waals surface area contributed by atoms with Gasteiger partial charge in [0.1, 0.15) is 5.75 Å². The third-order valence-electron chi connectivity index (χ3n) is 5.21. The molecule has 0 heterocycles. The Hall–Kier alpha value is -3.10. The smallest absolute Gasteiger partial charge is 0.123 e. The summed E-state index contributed by atoms with van der Waals surface area (Å²) in [6.07, 6.45) is 0. The molecule has 0 bridgehead atoms. The van der Waals surface area contributed by atoms with E-state index in [2.05, 4.69) is 79.0 Å². The molecule has 4 aromatic carbocycles. The molecule has 0 fully saturated rings. The van der Waals surface area contributed by atoms with Crippen molar-refractivity contribution < 1.29 is 5.11 Å². The molecule has 28 heavy (non-hydrogen) atoms. The first-order chi connectivity index (χ1) is 13.6. The highest BCUT2D eigenvalue weighted by Crippen LogP contribution is 2.40. The molecule has 0 atom stereocenters. The Morgan fingerprint density at radius 1 is 0.750 bits per heavy atom. The van der Waals surface area contributed by atoms with Gasteiger partial charge >= 0.3 is 0 Å². The quantitative estimate of drug-likeness (QED) is 0.445. The fourth-order valence-electron chi connectivity index (χ4n) is 3.97. The molecule has 2 heteroatoms. The van der Waals surface area contributed by atoms with Crippen LogP contribution in [0, 0.1) is 13.8 Å². The van der Waals surface area contributed by atoms with E-state index in [1.165, 1.54) is 21.9 Å². The van der Waals surface area contributed by atoms with Crippen LogP contribution >= 0.6 is 0 Å². The fourth-order valence-corrected chi connectivity index (χ4v) is 3.97. The molecule has 4 aromatic rings. The molecule has 0 saturated heterocycles. The van der Waals surface area contributed by atoms with Crippen molar-refractivity contribution in [2.75, 3.05) is 0 Å². The molecule has 140 valence electrons. The highest BCUT2D eigenvalue weighted by molar-refractivity contribution is 6.00. The van der Waals surface area contributed by atoms with Gasteiger partial charge in [-0.3, -0.25) is 0 Å². The minimum Gasteiger partial charge on any atom is -0.507 e. The van der Waals surface area contributed by atoms with E-state index in [0.29, 0.717) is 5.75 Å². The third-order valence-corrected chi connectivity index (χ3v) is 5.21. The number of hydrogen-bond acceptors (Lipinski definition) is 2. The maximum Gasteiger partial charge on any atom is 0.123 e. The summed E-state index contributed by atoms with van der Waals surface area (Å²) in [5, 5.41) is 16.7. The summed E-state index contributed by atoms with van der Waals surface area (Å²) < 4.78 is 0. The van der Waals surface area contributed by atoms with Gasteiger partial charge in [0.15, 0.2) is 0 Å². The monoisotopic (exact) mass is 367 g/mol. The predicted molar refractivity (Wildman–Crippen MR) is 118 cm³/mol.